The molecule has 0 heterocycles. The van der Waals surface area contributed by atoms with Crippen molar-refractivity contribution in [2.75, 3.05) is 0 Å². The third kappa shape index (κ3) is 2.34. The molecule has 0 bridgehead atoms. The lowest BCUT2D eigenvalue weighted by molar-refractivity contribution is 0.0695. The van der Waals surface area contributed by atoms with E-state index in [0.717, 1.165) is 0 Å². The predicted molar refractivity (Wildman–Crippen MR) is 56.7 cm³/mol. The maximum atomic E-state index is 10.9. The van der Waals surface area contributed by atoms with Crippen molar-refractivity contribution in [1.82, 2.24) is 0 Å². The lowest BCUT2D eigenvalue weighted by atomic mass is 9.95. The summed E-state index contributed by atoms with van der Waals surface area (Å²) in [5, 5.41) is 18.3. The predicted octanol–water partition coefficient (Wildman–Crippen LogP) is 1.07. The molecule has 0 saturated heterocycles. The molecular weight excluding hydrogens is 194 g/mol. The highest BCUT2D eigenvalue weighted by Crippen LogP contribution is 2.21. The van der Waals surface area contributed by atoms with Gasteiger partial charge in [-0.25, -0.2) is 4.79 Å². The minimum absolute atomic E-state index is 0.226. The van der Waals surface area contributed by atoms with E-state index in [1.165, 1.54) is 6.07 Å². The van der Waals surface area contributed by atoms with E-state index in [0.29, 0.717) is 11.1 Å². The van der Waals surface area contributed by atoms with Gasteiger partial charge in [0.2, 0.25) is 0 Å². The second-order valence-electron chi connectivity index (χ2n) is 3.59. The Bertz CT molecular complexity index is 374. The molecule has 0 amide bonds. The van der Waals surface area contributed by atoms with Gasteiger partial charge in [-0.3, -0.25) is 0 Å². The number of rotatable bonds is 3. The van der Waals surface area contributed by atoms with Gasteiger partial charge in [0, 0.05) is 0 Å². The van der Waals surface area contributed by atoms with Crippen molar-refractivity contribution >= 4 is 5.97 Å². The second kappa shape index (κ2) is 4.42. The number of carboxylic acids is 1. The summed E-state index contributed by atoms with van der Waals surface area (Å²) in [4.78, 5) is 10.9. The fraction of sp³-hybridized carbons (Fsp3) is 0.364. The molecule has 1 rings (SSSR count). The van der Waals surface area contributed by atoms with Gasteiger partial charge in [0.25, 0.3) is 0 Å². The number of hydrogen-bond donors (Lipinski definition) is 3. The number of benzene rings is 1. The molecule has 2 atom stereocenters. The monoisotopic (exact) mass is 209 g/mol. The van der Waals surface area contributed by atoms with Crippen LogP contribution in [0, 0.1) is 6.92 Å². The first-order chi connectivity index (χ1) is 6.95. The van der Waals surface area contributed by atoms with Gasteiger partial charge in [-0.1, -0.05) is 12.1 Å². The SMILES string of the molecule is Cc1c(C(=O)O)cccc1[C@@H](N)[C@@H](C)O. The molecular formula is C11H15NO3. The Hall–Kier alpha value is -1.39. The molecule has 4 heteroatoms. The Morgan fingerprint density at radius 2 is 2.07 bits per heavy atom. The van der Waals surface area contributed by atoms with Crippen LogP contribution in [0.15, 0.2) is 18.2 Å². The molecule has 1 aromatic carbocycles. The molecule has 0 saturated carbocycles. The highest BCUT2D eigenvalue weighted by molar-refractivity contribution is 5.89. The first kappa shape index (κ1) is 11.7. The van der Waals surface area contributed by atoms with E-state index < -0.39 is 18.1 Å². The quantitative estimate of drug-likeness (QED) is 0.695. The Kier molecular flexibility index (Phi) is 3.44. The third-order valence-electron chi connectivity index (χ3n) is 2.48. The first-order valence-electron chi connectivity index (χ1n) is 4.71. The topological polar surface area (TPSA) is 83.5 Å². The number of aliphatic hydroxyl groups excluding tert-OH is 1. The smallest absolute Gasteiger partial charge is 0.335 e. The fourth-order valence-corrected chi connectivity index (χ4v) is 1.51. The summed E-state index contributed by atoms with van der Waals surface area (Å²) in [5.74, 6) is -0.979. The summed E-state index contributed by atoms with van der Waals surface area (Å²) in [6, 6.07) is 4.34. The summed E-state index contributed by atoms with van der Waals surface area (Å²) in [5.41, 5.74) is 7.27. The van der Waals surface area contributed by atoms with Crippen LogP contribution in [-0.4, -0.2) is 22.3 Å². The summed E-state index contributed by atoms with van der Waals surface area (Å²) < 4.78 is 0. The first-order valence-corrected chi connectivity index (χ1v) is 4.71. The molecule has 0 radical (unpaired) electrons. The van der Waals surface area contributed by atoms with Crippen LogP contribution < -0.4 is 5.73 Å². The third-order valence-corrected chi connectivity index (χ3v) is 2.48. The van der Waals surface area contributed by atoms with Crippen molar-refractivity contribution in [2.24, 2.45) is 5.73 Å². The Morgan fingerprint density at radius 1 is 1.47 bits per heavy atom. The zero-order chi connectivity index (χ0) is 11.6. The van der Waals surface area contributed by atoms with Gasteiger partial charge < -0.3 is 15.9 Å². The highest BCUT2D eigenvalue weighted by atomic mass is 16.4. The molecule has 0 unspecified atom stereocenters. The van der Waals surface area contributed by atoms with Gasteiger partial charge in [-0.2, -0.15) is 0 Å². The molecule has 0 aliphatic carbocycles. The van der Waals surface area contributed by atoms with Crippen molar-refractivity contribution in [3.8, 4) is 0 Å². The van der Waals surface area contributed by atoms with Gasteiger partial charge in [-0.05, 0) is 31.0 Å². The van der Waals surface area contributed by atoms with Crippen molar-refractivity contribution in [2.45, 2.75) is 26.0 Å². The van der Waals surface area contributed by atoms with Gasteiger partial charge in [0.1, 0.15) is 0 Å². The molecule has 15 heavy (non-hydrogen) atoms. The van der Waals surface area contributed by atoms with Crippen molar-refractivity contribution in [3.63, 3.8) is 0 Å². The lowest BCUT2D eigenvalue weighted by Gasteiger charge is -2.18. The Balaban J connectivity index is 3.21. The second-order valence-corrected chi connectivity index (χ2v) is 3.59. The number of aromatic carboxylic acids is 1. The van der Waals surface area contributed by atoms with E-state index in [9.17, 15) is 9.90 Å². The maximum absolute atomic E-state index is 10.9. The molecule has 82 valence electrons. The van der Waals surface area contributed by atoms with Crippen molar-refractivity contribution in [1.29, 1.82) is 0 Å². The van der Waals surface area contributed by atoms with E-state index in [-0.39, 0.29) is 5.56 Å². The van der Waals surface area contributed by atoms with Gasteiger partial charge >= 0.3 is 5.97 Å². The highest BCUT2D eigenvalue weighted by Gasteiger charge is 2.17. The average molecular weight is 209 g/mol. The largest absolute Gasteiger partial charge is 0.478 e. The molecule has 0 aromatic heterocycles. The summed E-state index contributed by atoms with van der Waals surface area (Å²) in [6.07, 6.45) is -0.701. The van der Waals surface area contributed by atoms with E-state index in [2.05, 4.69) is 0 Å². The number of nitrogens with two attached hydrogens (primary N) is 1. The zero-order valence-electron chi connectivity index (χ0n) is 8.77. The van der Waals surface area contributed by atoms with Gasteiger partial charge in [0.05, 0.1) is 17.7 Å². The van der Waals surface area contributed by atoms with Crippen LogP contribution in [0.1, 0.15) is 34.5 Å². The number of hydrogen-bond acceptors (Lipinski definition) is 3. The molecule has 1 aromatic rings. The maximum Gasteiger partial charge on any atom is 0.335 e. The van der Waals surface area contributed by atoms with E-state index in [4.69, 9.17) is 10.8 Å². The van der Waals surface area contributed by atoms with Crippen LogP contribution in [0.4, 0.5) is 0 Å². The van der Waals surface area contributed by atoms with E-state index in [1.807, 2.05) is 0 Å². The number of aliphatic hydroxyl groups is 1. The van der Waals surface area contributed by atoms with Crippen LogP contribution in [0.2, 0.25) is 0 Å². The molecule has 4 nitrogen and oxygen atoms in total. The summed E-state index contributed by atoms with van der Waals surface area (Å²) in [6.45, 7) is 3.28. The minimum atomic E-state index is -0.979. The Labute approximate surface area is 88.3 Å². The van der Waals surface area contributed by atoms with Crippen LogP contribution in [0.3, 0.4) is 0 Å². The molecule has 0 aliphatic heterocycles. The molecule has 0 spiro atoms. The summed E-state index contributed by atoms with van der Waals surface area (Å²) >= 11 is 0. The van der Waals surface area contributed by atoms with E-state index >= 15 is 0 Å². The van der Waals surface area contributed by atoms with Crippen molar-refractivity contribution in [3.05, 3.63) is 34.9 Å². The Morgan fingerprint density at radius 3 is 2.53 bits per heavy atom. The normalized spacial score (nSPS) is 14.7. The van der Waals surface area contributed by atoms with Crippen LogP contribution in [-0.2, 0) is 0 Å². The lowest BCUT2D eigenvalue weighted by Crippen LogP contribution is -2.24. The fourth-order valence-electron chi connectivity index (χ4n) is 1.51. The van der Waals surface area contributed by atoms with Crippen LogP contribution in [0.25, 0.3) is 0 Å². The van der Waals surface area contributed by atoms with Crippen molar-refractivity contribution < 1.29 is 15.0 Å². The van der Waals surface area contributed by atoms with Gasteiger partial charge in [-0.15, -0.1) is 0 Å². The zero-order valence-corrected chi connectivity index (χ0v) is 8.77. The standard InChI is InChI=1S/C11H15NO3/c1-6-8(10(12)7(2)13)4-3-5-9(6)11(14)15/h3-5,7,10,13H,12H2,1-2H3,(H,14,15)/t7-,10+/m1/s1. The number of carboxylic acid groups (broad SMARTS) is 1. The van der Waals surface area contributed by atoms with Gasteiger partial charge in [0.15, 0.2) is 0 Å². The van der Waals surface area contributed by atoms with Crippen LogP contribution >= 0.6 is 0 Å². The number of carbonyl (C=O) groups is 1. The molecule has 0 aliphatic rings. The summed E-state index contributed by atoms with van der Waals surface area (Å²) in [7, 11) is 0. The average Bonchev–Trinajstić information content (AvgIpc) is 2.16. The minimum Gasteiger partial charge on any atom is -0.478 e. The molecule has 0 fully saturated rings. The molecule has 4 N–H and O–H groups in total. The van der Waals surface area contributed by atoms with Crippen LogP contribution in [0.5, 0.6) is 0 Å². The van der Waals surface area contributed by atoms with E-state index in [1.54, 1.807) is 26.0 Å².